The molecule has 1 aromatic rings. The number of phenols is 1. The molecular formula is C15H19NO4. The van der Waals surface area contributed by atoms with Gasteiger partial charge in [0.05, 0.1) is 19.8 Å². The molecule has 2 rings (SSSR count). The first kappa shape index (κ1) is 14.4. The van der Waals surface area contributed by atoms with Crippen LogP contribution in [0.1, 0.15) is 23.7 Å². The van der Waals surface area contributed by atoms with Gasteiger partial charge in [0.2, 0.25) is 0 Å². The van der Waals surface area contributed by atoms with Crippen LogP contribution in [-0.4, -0.2) is 47.3 Å². The smallest absolute Gasteiger partial charge is 0.254 e. The summed E-state index contributed by atoms with van der Waals surface area (Å²) in [6, 6.07) is 4.32. The molecule has 1 atom stereocenters. The van der Waals surface area contributed by atoms with Gasteiger partial charge in [-0.3, -0.25) is 4.79 Å². The van der Waals surface area contributed by atoms with Gasteiger partial charge in [0.15, 0.2) is 11.5 Å². The Morgan fingerprint density at radius 1 is 1.55 bits per heavy atom. The number of phenolic OH excluding ortho intramolecular Hbond substituents is 1. The number of carbonyl (C=O) groups is 1. The molecule has 0 radical (unpaired) electrons. The highest BCUT2D eigenvalue weighted by Crippen LogP contribution is 2.29. The van der Waals surface area contributed by atoms with Crippen molar-refractivity contribution in [1.82, 2.24) is 4.90 Å². The maximum Gasteiger partial charge on any atom is 0.254 e. The van der Waals surface area contributed by atoms with Crippen LogP contribution in [0, 0.1) is 0 Å². The summed E-state index contributed by atoms with van der Waals surface area (Å²) in [5.41, 5.74) is 1.58. The van der Waals surface area contributed by atoms with E-state index in [1.807, 2.05) is 13.0 Å². The number of methoxy groups -OCH3 is 1. The maximum absolute atomic E-state index is 12.5. The van der Waals surface area contributed by atoms with Crippen molar-refractivity contribution in [2.24, 2.45) is 0 Å². The van der Waals surface area contributed by atoms with Gasteiger partial charge in [-0.15, -0.1) is 0 Å². The van der Waals surface area contributed by atoms with E-state index in [0.717, 1.165) is 5.57 Å². The zero-order chi connectivity index (χ0) is 14.7. The van der Waals surface area contributed by atoms with Gasteiger partial charge in [0, 0.05) is 12.1 Å². The summed E-state index contributed by atoms with van der Waals surface area (Å²) in [4.78, 5) is 14.2. The molecule has 108 valence electrons. The zero-order valence-electron chi connectivity index (χ0n) is 11.7. The molecule has 0 aromatic heterocycles. The average molecular weight is 277 g/mol. The molecule has 5 nitrogen and oxygen atoms in total. The molecule has 0 spiro atoms. The summed E-state index contributed by atoms with van der Waals surface area (Å²) in [6.45, 7) is 2.41. The van der Waals surface area contributed by atoms with E-state index in [4.69, 9.17) is 4.74 Å². The van der Waals surface area contributed by atoms with Crippen molar-refractivity contribution in [3.05, 3.63) is 35.4 Å². The van der Waals surface area contributed by atoms with Crippen molar-refractivity contribution in [3.8, 4) is 11.5 Å². The lowest BCUT2D eigenvalue weighted by molar-refractivity contribution is 0.0679. The highest BCUT2D eigenvalue weighted by molar-refractivity contribution is 5.95. The summed E-state index contributed by atoms with van der Waals surface area (Å²) in [5, 5.41) is 19.0. The Hall–Kier alpha value is -2.01. The van der Waals surface area contributed by atoms with E-state index in [9.17, 15) is 15.0 Å². The van der Waals surface area contributed by atoms with E-state index in [-0.39, 0.29) is 30.1 Å². The van der Waals surface area contributed by atoms with Crippen molar-refractivity contribution in [2.75, 3.05) is 20.3 Å². The van der Waals surface area contributed by atoms with E-state index >= 15 is 0 Å². The van der Waals surface area contributed by atoms with Crippen molar-refractivity contribution in [3.63, 3.8) is 0 Å². The van der Waals surface area contributed by atoms with Crippen LogP contribution in [0.15, 0.2) is 29.8 Å². The van der Waals surface area contributed by atoms with Crippen molar-refractivity contribution in [1.29, 1.82) is 0 Å². The lowest BCUT2D eigenvalue weighted by Crippen LogP contribution is -2.37. The van der Waals surface area contributed by atoms with E-state index < -0.39 is 0 Å². The van der Waals surface area contributed by atoms with Crippen LogP contribution < -0.4 is 4.74 Å². The monoisotopic (exact) mass is 277 g/mol. The minimum atomic E-state index is -0.187. The molecule has 2 N–H and O–H groups in total. The van der Waals surface area contributed by atoms with Crippen molar-refractivity contribution < 1.29 is 19.7 Å². The summed E-state index contributed by atoms with van der Waals surface area (Å²) in [7, 11) is 1.44. The second kappa shape index (κ2) is 5.96. The first-order chi connectivity index (χ1) is 9.60. The average Bonchev–Trinajstić information content (AvgIpc) is 2.90. The summed E-state index contributed by atoms with van der Waals surface area (Å²) < 4.78 is 5.01. The second-order valence-corrected chi connectivity index (χ2v) is 4.81. The fourth-order valence-corrected chi connectivity index (χ4v) is 2.41. The number of aromatic hydroxyl groups is 1. The molecule has 0 bridgehead atoms. The number of nitrogens with zero attached hydrogens (tertiary/aromatic N) is 1. The van der Waals surface area contributed by atoms with Crippen molar-refractivity contribution in [2.45, 2.75) is 19.4 Å². The lowest BCUT2D eigenvalue weighted by Gasteiger charge is -2.22. The number of ether oxygens (including phenoxy) is 1. The molecular weight excluding hydrogens is 258 g/mol. The Morgan fingerprint density at radius 3 is 2.90 bits per heavy atom. The molecule has 1 aliphatic heterocycles. The molecule has 1 fully saturated rings. The Bertz CT molecular complexity index is 539. The third-order valence-corrected chi connectivity index (χ3v) is 3.62. The predicted octanol–water partition coefficient (Wildman–Crippen LogP) is 1.55. The van der Waals surface area contributed by atoms with Gasteiger partial charge in [-0.25, -0.2) is 0 Å². The van der Waals surface area contributed by atoms with Crippen LogP contribution in [0.2, 0.25) is 0 Å². The quantitative estimate of drug-likeness (QED) is 0.822. The van der Waals surface area contributed by atoms with Crippen LogP contribution in [-0.2, 0) is 0 Å². The Morgan fingerprint density at radius 2 is 2.30 bits per heavy atom. The molecule has 1 aliphatic rings. The molecule has 1 aromatic carbocycles. The van der Waals surface area contributed by atoms with E-state index in [0.29, 0.717) is 18.5 Å². The van der Waals surface area contributed by atoms with E-state index in [2.05, 4.69) is 0 Å². The number of hydrogen-bond acceptors (Lipinski definition) is 4. The number of rotatable bonds is 3. The second-order valence-electron chi connectivity index (χ2n) is 4.81. The molecule has 1 amide bonds. The van der Waals surface area contributed by atoms with Gasteiger partial charge in [-0.05, 0) is 31.5 Å². The first-order valence-electron chi connectivity index (χ1n) is 6.53. The topological polar surface area (TPSA) is 70.0 Å². The van der Waals surface area contributed by atoms with Gasteiger partial charge in [0.1, 0.15) is 0 Å². The minimum Gasteiger partial charge on any atom is -0.504 e. The number of aliphatic hydroxyl groups is 1. The minimum absolute atomic E-state index is 0.00155. The maximum atomic E-state index is 12.5. The lowest BCUT2D eigenvalue weighted by atomic mass is 10.1. The number of likely N-dealkylation sites (tertiary alicyclic amines) is 1. The number of carbonyl (C=O) groups excluding carboxylic acids is 1. The number of hydrogen-bond donors (Lipinski definition) is 2. The standard InChI is InChI=1S/C15H19NO4/c1-3-10-6-12(9-17)16(8-10)15(19)11-4-5-13(18)14(7-11)20-2/h3-5,7,12,17-18H,6,8-9H2,1-2H3/t12-/m0/s1. The highest BCUT2D eigenvalue weighted by atomic mass is 16.5. The Labute approximate surface area is 118 Å². The molecule has 1 heterocycles. The van der Waals surface area contributed by atoms with E-state index in [1.54, 1.807) is 11.0 Å². The Balaban J connectivity index is 2.26. The highest BCUT2D eigenvalue weighted by Gasteiger charge is 2.31. The number of benzene rings is 1. The summed E-state index contributed by atoms with van der Waals surface area (Å²) in [6.07, 6.45) is 2.68. The largest absolute Gasteiger partial charge is 0.504 e. The van der Waals surface area contributed by atoms with Gasteiger partial charge in [-0.1, -0.05) is 11.6 Å². The SMILES string of the molecule is CC=C1C[C@@H](CO)N(C(=O)c2ccc(O)c(OC)c2)C1. The van der Waals surface area contributed by atoms with E-state index in [1.165, 1.54) is 19.2 Å². The number of amides is 1. The fourth-order valence-electron chi connectivity index (χ4n) is 2.41. The van der Waals surface area contributed by atoms with Gasteiger partial charge < -0.3 is 19.8 Å². The zero-order valence-corrected chi connectivity index (χ0v) is 11.7. The molecule has 0 aliphatic carbocycles. The van der Waals surface area contributed by atoms with Crippen LogP contribution in [0.5, 0.6) is 11.5 Å². The molecule has 20 heavy (non-hydrogen) atoms. The number of aliphatic hydroxyl groups excluding tert-OH is 1. The van der Waals surface area contributed by atoms with Gasteiger partial charge >= 0.3 is 0 Å². The van der Waals surface area contributed by atoms with Crippen LogP contribution in [0.3, 0.4) is 0 Å². The van der Waals surface area contributed by atoms with Crippen molar-refractivity contribution >= 4 is 5.91 Å². The molecule has 0 unspecified atom stereocenters. The summed E-state index contributed by atoms with van der Waals surface area (Å²) in [5.74, 6) is 0.0966. The van der Waals surface area contributed by atoms with Crippen LogP contribution in [0.4, 0.5) is 0 Å². The first-order valence-corrected chi connectivity index (χ1v) is 6.53. The Kier molecular flexibility index (Phi) is 4.29. The van der Waals surface area contributed by atoms with Crippen LogP contribution in [0.25, 0.3) is 0 Å². The molecule has 1 saturated heterocycles. The summed E-state index contributed by atoms with van der Waals surface area (Å²) >= 11 is 0. The fraction of sp³-hybridized carbons (Fsp3) is 0.400. The van der Waals surface area contributed by atoms with Gasteiger partial charge in [-0.2, -0.15) is 0 Å². The van der Waals surface area contributed by atoms with Crippen LogP contribution >= 0.6 is 0 Å². The number of allylic oxidation sites excluding steroid dienone is 1. The third kappa shape index (κ3) is 2.63. The normalized spacial score (nSPS) is 20.4. The third-order valence-electron chi connectivity index (χ3n) is 3.62. The molecule has 5 heteroatoms. The predicted molar refractivity (Wildman–Crippen MR) is 74.9 cm³/mol. The van der Waals surface area contributed by atoms with Gasteiger partial charge in [0.25, 0.3) is 5.91 Å². The molecule has 0 saturated carbocycles.